The summed E-state index contributed by atoms with van der Waals surface area (Å²) in [6.07, 6.45) is 1.45. The van der Waals surface area contributed by atoms with E-state index in [-0.39, 0.29) is 10.6 Å². The number of halogens is 1. The number of hydrogen-bond donors (Lipinski definition) is 2. The Morgan fingerprint density at radius 1 is 1.20 bits per heavy atom. The summed E-state index contributed by atoms with van der Waals surface area (Å²) < 4.78 is 37.9. The van der Waals surface area contributed by atoms with Crippen molar-refractivity contribution in [2.75, 3.05) is 27.3 Å². The van der Waals surface area contributed by atoms with E-state index >= 15 is 0 Å². The predicted octanol–water partition coefficient (Wildman–Crippen LogP) is 1.48. The molecule has 1 aromatic rings. The Morgan fingerprint density at radius 2 is 1.85 bits per heavy atom. The number of methoxy groups -OCH3 is 2. The van der Waals surface area contributed by atoms with Crippen molar-refractivity contribution in [2.24, 2.45) is 5.73 Å². The zero-order valence-corrected chi connectivity index (χ0v) is 13.9. The van der Waals surface area contributed by atoms with Gasteiger partial charge in [-0.3, -0.25) is 0 Å². The van der Waals surface area contributed by atoms with Crippen LogP contribution in [0, 0.1) is 0 Å². The molecule has 0 spiro atoms. The van der Waals surface area contributed by atoms with Crippen LogP contribution in [-0.4, -0.2) is 35.7 Å². The van der Waals surface area contributed by atoms with Gasteiger partial charge in [0.2, 0.25) is 10.0 Å². The average Bonchev–Trinajstić information content (AvgIpc) is 2.43. The Bertz CT molecular complexity index is 549. The van der Waals surface area contributed by atoms with Crippen LogP contribution in [0.1, 0.15) is 12.8 Å². The van der Waals surface area contributed by atoms with Gasteiger partial charge in [-0.15, -0.1) is 0 Å². The van der Waals surface area contributed by atoms with Gasteiger partial charge in [-0.25, -0.2) is 13.1 Å². The average molecular weight is 367 g/mol. The highest BCUT2D eigenvalue weighted by molar-refractivity contribution is 9.10. The predicted molar refractivity (Wildman–Crippen MR) is 80.7 cm³/mol. The maximum absolute atomic E-state index is 12.3. The van der Waals surface area contributed by atoms with Crippen LogP contribution in [0.15, 0.2) is 21.5 Å². The second kappa shape index (κ2) is 7.82. The van der Waals surface area contributed by atoms with Crippen LogP contribution in [0.5, 0.6) is 11.5 Å². The number of ether oxygens (including phenoxy) is 2. The number of hydrogen-bond acceptors (Lipinski definition) is 5. The van der Waals surface area contributed by atoms with Crippen molar-refractivity contribution in [2.45, 2.75) is 17.7 Å². The third-order valence-corrected chi connectivity index (χ3v) is 4.75. The molecule has 0 fully saturated rings. The van der Waals surface area contributed by atoms with E-state index in [1.807, 2.05) is 0 Å². The van der Waals surface area contributed by atoms with Crippen molar-refractivity contribution >= 4 is 26.0 Å². The molecule has 0 aromatic heterocycles. The van der Waals surface area contributed by atoms with Crippen LogP contribution < -0.4 is 19.9 Å². The number of rotatable bonds is 8. The molecule has 0 saturated heterocycles. The van der Waals surface area contributed by atoms with Gasteiger partial charge in [0.15, 0.2) is 0 Å². The van der Waals surface area contributed by atoms with E-state index in [0.717, 1.165) is 6.42 Å². The molecule has 0 saturated carbocycles. The molecule has 0 aliphatic carbocycles. The minimum absolute atomic E-state index is 0.0489. The van der Waals surface area contributed by atoms with Crippen LogP contribution in [0.4, 0.5) is 0 Å². The fourth-order valence-electron chi connectivity index (χ4n) is 1.60. The number of sulfonamides is 1. The Morgan fingerprint density at radius 3 is 2.40 bits per heavy atom. The van der Waals surface area contributed by atoms with Gasteiger partial charge in [-0.05, 0) is 41.4 Å². The lowest BCUT2D eigenvalue weighted by molar-refractivity contribution is 0.390. The summed E-state index contributed by atoms with van der Waals surface area (Å²) in [7, 11) is -0.761. The molecule has 0 aliphatic heterocycles. The summed E-state index contributed by atoms with van der Waals surface area (Å²) in [6.45, 7) is 0.873. The SMILES string of the molecule is COc1cc(S(=O)(=O)NCCCCN)c(OC)cc1Br. The highest BCUT2D eigenvalue weighted by Gasteiger charge is 2.21. The molecule has 0 atom stereocenters. The molecular formula is C12H19BrN2O4S. The highest BCUT2D eigenvalue weighted by atomic mass is 79.9. The standard InChI is InChI=1S/C12H19BrN2O4S/c1-18-10-8-12(11(19-2)7-9(10)13)20(16,17)15-6-4-3-5-14/h7-8,15H,3-6,14H2,1-2H3. The molecule has 6 nitrogen and oxygen atoms in total. The van der Waals surface area contributed by atoms with Gasteiger partial charge in [0.25, 0.3) is 0 Å². The summed E-state index contributed by atoms with van der Waals surface area (Å²) in [5.41, 5.74) is 5.37. The topological polar surface area (TPSA) is 90.7 Å². The van der Waals surface area contributed by atoms with Crippen LogP contribution in [0.3, 0.4) is 0 Å². The fraction of sp³-hybridized carbons (Fsp3) is 0.500. The molecule has 0 unspecified atom stereocenters. The molecule has 3 N–H and O–H groups in total. The third-order valence-electron chi connectivity index (χ3n) is 2.65. The van der Waals surface area contributed by atoms with Gasteiger partial charge in [-0.1, -0.05) is 0 Å². The first-order valence-corrected chi connectivity index (χ1v) is 8.35. The van der Waals surface area contributed by atoms with Crippen molar-refractivity contribution in [1.82, 2.24) is 4.72 Å². The van der Waals surface area contributed by atoms with E-state index in [0.29, 0.717) is 29.7 Å². The lowest BCUT2D eigenvalue weighted by Crippen LogP contribution is -2.25. The van der Waals surface area contributed by atoms with Crippen molar-refractivity contribution in [3.8, 4) is 11.5 Å². The van der Waals surface area contributed by atoms with E-state index in [1.165, 1.54) is 20.3 Å². The number of nitrogens with one attached hydrogen (secondary N) is 1. The van der Waals surface area contributed by atoms with Crippen LogP contribution in [0.2, 0.25) is 0 Å². The van der Waals surface area contributed by atoms with Crippen molar-refractivity contribution in [1.29, 1.82) is 0 Å². The summed E-state index contributed by atoms with van der Waals surface area (Å²) >= 11 is 3.29. The Balaban J connectivity index is 3.03. The van der Waals surface area contributed by atoms with Crippen LogP contribution >= 0.6 is 15.9 Å². The van der Waals surface area contributed by atoms with Crippen molar-refractivity contribution in [3.63, 3.8) is 0 Å². The van der Waals surface area contributed by atoms with E-state index in [2.05, 4.69) is 20.7 Å². The van der Waals surface area contributed by atoms with Gasteiger partial charge in [0.1, 0.15) is 16.4 Å². The maximum atomic E-state index is 12.3. The molecule has 0 bridgehead atoms. The molecule has 0 aliphatic rings. The van der Waals surface area contributed by atoms with E-state index in [9.17, 15) is 8.42 Å². The first kappa shape index (κ1) is 17.2. The summed E-state index contributed by atoms with van der Waals surface area (Å²) in [5, 5.41) is 0. The molecule has 20 heavy (non-hydrogen) atoms. The normalized spacial score (nSPS) is 11.4. The Labute approximate surface area is 127 Å². The molecule has 114 valence electrons. The van der Waals surface area contributed by atoms with E-state index in [1.54, 1.807) is 6.07 Å². The van der Waals surface area contributed by atoms with Crippen molar-refractivity contribution < 1.29 is 17.9 Å². The lowest BCUT2D eigenvalue weighted by Gasteiger charge is -2.13. The van der Waals surface area contributed by atoms with Gasteiger partial charge >= 0.3 is 0 Å². The zero-order chi connectivity index (χ0) is 15.2. The van der Waals surface area contributed by atoms with E-state index < -0.39 is 10.0 Å². The van der Waals surface area contributed by atoms with Gasteiger partial charge in [0, 0.05) is 12.6 Å². The summed E-state index contributed by atoms with van der Waals surface area (Å²) in [6, 6.07) is 2.99. The lowest BCUT2D eigenvalue weighted by atomic mass is 10.3. The quantitative estimate of drug-likeness (QED) is 0.680. The molecule has 0 radical (unpaired) electrons. The Hall–Kier alpha value is -0.830. The molecule has 1 aromatic carbocycles. The molecule has 0 amide bonds. The van der Waals surface area contributed by atoms with Crippen LogP contribution in [0.25, 0.3) is 0 Å². The minimum atomic E-state index is -3.65. The molecular weight excluding hydrogens is 348 g/mol. The second-order valence-corrected chi connectivity index (χ2v) is 6.62. The van der Waals surface area contributed by atoms with Gasteiger partial charge in [0.05, 0.1) is 18.7 Å². The third kappa shape index (κ3) is 4.34. The molecule has 0 heterocycles. The Kier molecular flexibility index (Phi) is 6.74. The smallest absolute Gasteiger partial charge is 0.244 e. The second-order valence-electron chi connectivity index (χ2n) is 4.03. The maximum Gasteiger partial charge on any atom is 0.244 e. The molecule has 8 heteroatoms. The first-order valence-electron chi connectivity index (χ1n) is 6.07. The largest absolute Gasteiger partial charge is 0.496 e. The van der Waals surface area contributed by atoms with Gasteiger partial charge < -0.3 is 15.2 Å². The number of benzene rings is 1. The first-order chi connectivity index (χ1) is 9.46. The minimum Gasteiger partial charge on any atom is -0.496 e. The summed E-state index contributed by atoms with van der Waals surface area (Å²) in [5.74, 6) is 0.678. The monoisotopic (exact) mass is 366 g/mol. The number of unbranched alkanes of at least 4 members (excludes halogenated alkanes) is 1. The fourth-order valence-corrected chi connectivity index (χ4v) is 3.32. The van der Waals surface area contributed by atoms with Gasteiger partial charge in [-0.2, -0.15) is 0 Å². The van der Waals surface area contributed by atoms with Crippen LogP contribution in [-0.2, 0) is 10.0 Å². The molecule has 1 rings (SSSR count). The number of nitrogens with two attached hydrogens (primary N) is 1. The zero-order valence-electron chi connectivity index (χ0n) is 11.5. The van der Waals surface area contributed by atoms with Crippen molar-refractivity contribution in [3.05, 3.63) is 16.6 Å². The highest BCUT2D eigenvalue weighted by Crippen LogP contribution is 2.35. The summed E-state index contributed by atoms with van der Waals surface area (Å²) in [4.78, 5) is 0.0489. The van der Waals surface area contributed by atoms with E-state index in [4.69, 9.17) is 15.2 Å².